The van der Waals surface area contributed by atoms with Crippen LogP contribution >= 0.6 is 0 Å². The number of rotatable bonds is 9. The summed E-state index contributed by atoms with van der Waals surface area (Å²) in [6, 6.07) is 20.3. The molecular weight excluding hydrogens is 421 g/mol. The highest BCUT2D eigenvalue weighted by Gasteiger charge is 2.45. The summed E-state index contributed by atoms with van der Waals surface area (Å²) >= 11 is 0. The van der Waals surface area contributed by atoms with Gasteiger partial charge in [0.25, 0.3) is 0 Å². The number of benzene rings is 2. The zero-order chi connectivity index (χ0) is 24.1. The van der Waals surface area contributed by atoms with E-state index in [0.717, 1.165) is 50.9 Å². The fourth-order valence-electron chi connectivity index (χ4n) is 4.79. The van der Waals surface area contributed by atoms with Crippen LogP contribution in [0.1, 0.15) is 75.0 Å². The molecule has 2 aromatic rings. The summed E-state index contributed by atoms with van der Waals surface area (Å²) in [5, 5.41) is 7.32. The van der Waals surface area contributed by atoms with Crippen molar-refractivity contribution in [3.63, 3.8) is 0 Å². The molecule has 3 rings (SSSR count). The van der Waals surface area contributed by atoms with Crippen LogP contribution in [0, 0.1) is 17.2 Å². The second-order valence-electron chi connectivity index (χ2n) is 8.87. The van der Waals surface area contributed by atoms with E-state index in [0.29, 0.717) is 12.8 Å². The van der Waals surface area contributed by atoms with Gasteiger partial charge in [-0.2, -0.15) is 18.4 Å². The van der Waals surface area contributed by atoms with Crippen molar-refractivity contribution in [1.29, 1.82) is 5.26 Å². The maximum Gasteiger partial charge on any atom is 0.392 e. The van der Waals surface area contributed by atoms with E-state index in [4.69, 9.17) is 5.26 Å². The molecule has 2 atom stereocenters. The first-order chi connectivity index (χ1) is 15.9. The Morgan fingerprint density at radius 2 is 1.58 bits per heavy atom. The van der Waals surface area contributed by atoms with E-state index in [1.165, 1.54) is 18.1 Å². The minimum absolute atomic E-state index is 0.268. The summed E-state index contributed by atoms with van der Waals surface area (Å²) in [6.45, 7) is 6.71. The van der Waals surface area contributed by atoms with Crippen LogP contribution in [-0.2, 0) is 13.0 Å². The third kappa shape index (κ3) is 9.21. The number of halogens is 3. The van der Waals surface area contributed by atoms with Gasteiger partial charge in [-0.05, 0) is 67.8 Å². The van der Waals surface area contributed by atoms with Gasteiger partial charge in [0.05, 0.1) is 12.0 Å². The Bertz CT molecular complexity index is 825. The molecule has 0 aromatic heterocycles. The molecule has 1 aliphatic rings. The quantitative estimate of drug-likeness (QED) is 0.382. The van der Waals surface area contributed by atoms with Gasteiger partial charge in [-0.25, -0.2) is 0 Å². The molecule has 1 fully saturated rings. The second-order valence-corrected chi connectivity index (χ2v) is 8.87. The van der Waals surface area contributed by atoms with Crippen LogP contribution in [0.25, 0.3) is 0 Å². The molecular formula is C28H37F3N2. The van der Waals surface area contributed by atoms with E-state index in [1.54, 1.807) is 6.07 Å². The molecule has 2 nitrogen and oxygen atoms in total. The van der Waals surface area contributed by atoms with Crippen LogP contribution < -0.4 is 0 Å². The summed E-state index contributed by atoms with van der Waals surface area (Å²) in [5.41, 5.74) is 3.41. The minimum atomic E-state index is -4.09. The van der Waals surface area contributed by atoms with E-state index >= 15 is 0 Å². The molecule has 0 radical (unpaired) electrons. The van der Waals surface area contributed by atoms with Gasteiger partial charge in [0.1, 0.15) is 0 Å². The molecule has 0 heterocycles. The molecule has 0 spiro atoms. The molecule has 2 unspecified atom stereocenters. The first-order valence-electron chi connectivity index (χ1n) is 12.1. The average molecular weight is 459 g/mol. The van der Waals surface area contributed by atoms with Crippen LogP contribution in [0.5, 0.6) is 0 Å². The highest BCUT2D eigenvalue weighted by atomic mass is 19.4. The summed E-state index contributed by atoms with van der Waals surface area (Å²) in [6.07, 6.45) is 1.56. The molecule has 0 aliphatic heterocycles. The molecule has 1 saturated carbocycles. The molecule has 180 valence electrons. The summed E-state index contributed by atoms with van der Waals surface area (Å²) in [5.74, 6) is -1.56. The Balaban J connectivity index is 0.00000122. The van der Waals surface area contributed by atoms with Gasteiger partial charge in [-0.3, -0.25) is 4.90 Å². The van der Waals surface area contributed by atoms with Gasteiger partial charge < -0.3 is 0 Å². The Morgan fingerprint density at radius 1 is 0.939 bits per heavy atom. The number of aryl methyl sites for hydroxylation is 1. The Labute approximate surface area is 197 Å². The van der Waals surface area contributed by atoms with Crippen molar-refractivity contribution >= 4 is 0 Å². The second kappa shape index (κ2) is 14.1. The third-order valence-electron chi connectivity index (χ3n) is 6.32. The molecule has 0 saturated heterocycles. The largest absolute Gasteiger partial charge is 0.392 e. The van der Waals surface area contributed by atoms with Gasteiger partial charge >= 0.3 is 6.18 Å². The SMILES string of the molecule is CC#N.CCCN(CCCc1ccc(C2CCCCC2C(F)(F)F)cc1)Cc1ccccc1. The zero-order valence-corrected chi connectivity index (χ0v) is 20.0. The van der Waals surface area contributed by atoms with E-state index in [-0.39, 0.29) is 12.3 Å². The van der Waals surface area contributed by atoms with Crippen LogP contribution in [0.4, 0.5) is 13.2 Å². The van der Waals surface area contributed by atoms with Crippen molar-refractivity contribution in [1.82, 2.24) is 4.90 Å². The topological polar surface area (TPSA) is 27.0 Å². The molecule has 0 amide bonds. The van der Waals surface area contributed by atoms with Crippen LogP contribution in [0.15, 0.2) is 54.6 Å². The highest BCUT2D eigenvalue weighted by Crippen LogP contribution is 2.46. The van der Waals surface area contributed by atoms with Gasteiger partial charge in [0.15, 0.2) is 0 Å². The smallest absolute Gasteiger partial charge is 0.299 e. The third-order valence-corrected chi connectivity index (χ3v) is 6.32. The monoisotopic (exact) mass is 458 g/mol. The number of alkyl halides is 3. The van der Waals surface area contributed by atoms with Gasteiger partial charge in [-0.1, -0.05) is 74.4 Å². The van der Waals surface area contributed by atoms with E-state index in [9.17, 15) is 13.2 Å². The maximum absolute atomic E-state index is 13.4. The fourth-order valence-corrected chi connectivity index (χ4v) is 4.79. The predicted octanol–water partition coefficient (Wildman–Crippen LogP) is 7.90. The van der Waals surface area contributed by atoms with Gasteiger partial charge in [0, 0.05) is 13.5 Å². The fraction of sp³-hybridized carbons (Fsp3) is 0.536. The lowest BCUT2D eigenvalue weighted by molar-refractivity contribution is -0.187. The number of nitrogens with zero attached hydrogens (tertiary/aromatic N) is 2. The first kappa shape index (κ1) is 26.9. The lowest BCUT2D eigenvalue weighted by atomic mass is 9.75. The van der Waals surface area contributed by atoms with Crippen LogP contribution in [-0.4, -0.2) is 24.2 Å². The van der Waals surface area contributed by atoms with Crippen molar-refractivity contribution < 1.29 is 13.2 Å². The normalized spacial score (nSPS) is 18.3. The Hall–Kier alpha value is -2.32. The lowest BCUT2D eigenvalue weighted by Crippen LogP contribution is -2.31. The van der Waals surface area contributed by atoms with E-state index in [2.05, 4.69) is 36.1 Å². The maximum atomic E-state index is 13.4. The van der Waals surface area contributed by atoms with Crippen LogP contribution in [0.2, 0.25) is 0 Å². The van der Waals surface area contributed by atoms with Crippen molar-refractivity contribution in [3.8, 4) is 6.07 Å². The Kier molecular flexibility index (Phi) is 11.5. The van der Waals surface area contributed by atoms with E-state index < -0.39 is 12.1 Å². The molecule has 0 N–H and O–H groups in total. The lowest BCUT2D eigenvalue weighted by Gasteiger charge is -2.33. The van der Waals surface area contributed by atoms with E-state index in [1.807, 2.05) is 30.3 Å². The Morgan fingerprint density at radius 3 is 2.18 bits per heavy atom. The minimum Gasteiger partial charge on any atom is -0.299 e. The van der Waals surface area contributed by atoms with Gasteiger partial charge in [0.2, 0.25) is 0 Å². The zero-order valence-electron chi connectivity index (χ0n) is 20.0. The number of hydrogen-bond donors (Lipinski definition) is 0. The van der Waals surface area contributed by atoms with Crippen molar-refractivity contribution in [3.05, 3.63) is 71.3 Å². The summed E-state index contributed by atoms with van der Waals surface area (Å²) in [4.78, 5) is 2.49. The molecule has 33 heavy (non-hydrogen) atoms. The molecule has 1 aliphatic carbocycles. The van der Waals surface area contributed by atoms with Crippen molar-refractivity contribution in [2.45, 2.75) is 77.4 Å². The summed E-state index contributed by atoms with van der Waals surface area (Å²) in [7, 11) is 0. The van der Waals surface area contributed by atoms with Crippen molar-refractivity contribution in [2.75, 3.05) is 13.1 Å². The van der Waals surface area contributed by atoms with Crippen molar-refractivity contribution in [2.24, 2.45) is 5.92 Å². The van der Waals surface area contributed by atoms with Gasteiger partial charge in [-0.15, -0.1) is 0 Å². The molecule has 0 bridgehead atoms. The first-order valence-corrected chi connectivity index (χ1v) is 12.1. The predicted molar refractivity (Wildman–Crippen MR) is 129 cm³/mol. The summed E-state index contributed by atoms with van der Waals surface area (Å²) < 4.78 is 40.2. The number of hydrogen-bond acceptors (Lipinski definition) is 2. The highest BCUT2D eigenvalue weighted by molar-refractivity contribution is 5.27. The average Bonchev–Trinajstić information content (AvgIpc) is 2.80. The molecule has 2 aromatic carbocycles. The molecule has 5 heteroatoms. The van der Waals surface area contributed by atoms with Crippen LogP contribution in [0.3, 0.4) is 0 Å². The number of nitriles is 1. The standard InChI is InChI=1S/C26H34F3N.C2H3N/c1-2-18-30(20-22-9-4-3-5-10-22)19-8-11-21-14-16-23(17-15-21)24-12-6-7-13-25(24)26(27,28)29;1-2-3/h3-5,9-10,14-17,24-25H,2,6-8,11-13,18-20H2,1H3;1H3.